The number of anilines is 1. The molecule has 2 aromatic rings. The van der Waals surface area contributed by atoms with Gasteiger partial charge in [0.2, 0.25) is 0 Å². The minimum atomic E-state index is 0.574. The van der Waals surface area contributed by atoms with Gasteiger partial charge in [0.25, 0.3) is 0 Å². The fraction of sp³-hybridized carbons (Fsp3) is 0.167. The van der Waals surface area contributed by atoms with Crippen LogP contribution in [0.4, 0.5) is 5.69 Å². The van der Waals surface area contributed by atoms with E-state index in [1.54, 1.807) is 31.6 Å². The number of hydrogen-bond donors (Lipinski definition) is 2. The fourth-order valence-electron chi connectivity index (χ4n) is 1.48. The zero-order chi connectivity index (χ0) is 12.1. The number of aromatic amines is 1. The summed E-state index contributed by atoms with van der Waals surface area (Å²) in [4.78, 5) is 7.11. The smallest absolute Gasteiger partial charge is 0.143 e. The van der Waals surface area contributed by atoms with Gasteiger partial charge in [0.05, 0.1) is 31.0 Å². The van der Waals surface area contributed by atoms with E-state index in [0.29, 0.717) is 17.9 Å². The Hall–Kier alpha value is -2.48. The second kappa shape index (κ2) is 5.03. The molecule has 0 radical (unpaired) electrons. The lowest BCUT2D eigenvalue weighted by molar-refractivity contribution is 0.416. The van der Waals surface area contributed by atoms with E-state index in [0.717, 1.165) is 11.5 Å². The Balaban J connectivity index is 2.13. The van der Waals surface area contributed by atoms with Gasteiger partial charge in [0, 0.05) is 18.5 Å². The van der Waals surface area contributed by atoms with Gasteiger partial charge < -0.3 is 15.0 Å². The van der Waals surface area contributed by atoms with E-state index in [1.165, 1.54) is 0 Å². The number of aromatic nitrogens is 2. The van der Waals surface area contributed by atoms with E-state index in [4.69, 9.17) is 10.00 Å². The average Bonchev–Trinajstić information content (AvgIpc) is 2.89. The maximum Gasteiger partial charge on any atom is 0.143 e. The largest absolute Gasteiger partial charge is 0.495 e. The second-order valence-electron chi connectivity index (χ2n) is 3.42. The second-order valence-corrected chi connectivity index (χ2v) is 3.42. The van der Waals surface area contributed by atoms with Gasteiger partial charge in [0.1, 0.15) is 11.6 Å². The van der Waals surface area contributed by atoms with Gasteiger partial charge in [-0.15, -0.1) is 0 Å². The number of H-pyrrole nitrogens is 1. The molecule has 2 N–H and O–H groups in total. The van der Waals surface area contributed by atoms with Crippen molar-refractivity contribution in [3.63, 3.8) is 0 Å². The number of nitrogens with one attached hydrogen (secondary N) is 2. The van der Waals surface area contributed by atoms with Crippen LogP contribution in [0.3, 0.4) is 0 Å². The van der Waals surface area contributed by atoms with Crippen molar-refractivity contribution < 1.29 is 4.74 Å². The topological polar surface area (TPSA) is 73.7 Å². The van der Waals surface area contributed by atoms with Crippen LogP contribution in [0.5, 0.6) is 5.75 Å². The van der Waals surface area contributed by atoms with Crippen LogP contribution in [0.2, 0.25) is 0 Å². The van der Waals surface area contributed by atoms with Crippen molar-refractivity contribution in [3.05, 3.63) is 42.0 Å². The first-order valence-electron chi connectivity index (χ1n) is 5.13. The highest BCUT2D eigenvalue weighted by molar-refractivity contribution is 5.59. The highest BCUT2D eigenvalue weighted by atomic mass is 16.5. The number of benzene rings is 1. The van der Waals surface area contributed by atoms with Gasteiger partial charge in [-0.25, -0.2) is 4.98 Å². The number of ether oxygens (including phenoxy) is 1. The van der Waals surface area contributed by atoms with E-state index in [2.05, 4.69) is 21.4 Å². The van der Waals surface area contributed by atoms with Crippen LogP contribution >= 0.6 is 0 Å². The molecule has 1 aromatic heterocycles. The summed E-state index contributed by atoms with van der Waals surface area (Å²) < 4.78 is 5.21. The Bertz CT molecular complexity index is 528. The first-order valence-corrected chi connectivity index (χ1v) is 5.13. The zero-order valence-corrected chi connectivity index (χ0v) is 9.40. The monoisotopic (exact) mass is 228 g/mol. The summed E-state index contributed by atoms with van der Waals surface area (Å²) >= 11 is 0. The molecule has 1 heterocycles. The summed E-state index contributed by atoms with van der Waals surface area (Å²) in [6, 6.07) is 7.33. The summed E-state index contributed by atoms with van der Waals surface area (Å²) in [6.45, 7) is 0.579. The minimum Gasteiger partial charge on any atom is -0.495 e. The highest BCUT2D eigenvalue weighted by Gasteiger charge is 2.04. The third-order valence-corrected chi connectivity index (χ3v) is 2.33. The summed E-state index contributed by atoms with van der Waals surface area (Å²) in [6.07, 6.45) is 3.47. The van der Waals surface area contributed by atoms with Crippen molar-refractivity contribution in [2.24, 2.45) is 0 Å². The number of hydrogen-bond acceptors (Lipinski definition) is 4. The van der Waals surface area contributed by atoms with Gasteiger partial charge in [-0.1, -0.05) is 0 Å². The van der Waals surface area contributed by atoms with Gasteiger partial charge in [-0.3, -0.25) is 0 Å². The SMILES string of the molecule is COc1cc(C#N)ccc1NCc1ncc[nH]1. The summed E-state index contributed by atoms with van der Waals surface area (Å²) in [5.74, 6) is 1.49. The molecule has 2 rings (SSSR count). The normalized spacial score (nSPS) is 9.65. The van der Waals surface area contributed by atoms with Gasteiger partial charge in [0.15, 0.2) is 0 Å². The molecule has 0 amide bonds. The third-order valence-electron chi connectivity index (χ3n) is 2.33. The van der Waals surface area contributed by atoms with E-state index in [-0.39, 0.29) is 0 Å². The molecule has 0 atom stereocenters. The molecule has 0 aliphatic rings. The lowest BCUT2D eigenvalue weighted by Crippen LogP contribution is -2.03. The van der Waals surface area contributed by atoms with Crippen molar-refractivity contribution in [2.75, 3.05) is 12.4 Å². The molecule has 0 saturated carbocycles. The Morgan fingerprint density at radius 2 is 2.41 bits per heavy atom. The van der Waals surface area contributed by atoms with Crippen LogP contribution in [0.15, 0.2) is 30.6 Å². The van der Waals surface area contributed by atoms with E-state index in [1.807, 2.05) is 6.07 Å². The van der Waals surface area contributed by atoms with Crippen LogP contribution in [0.25, 0.3) is 0 Å². The van der Waals surface area contributed by atoms with Crippen LogP contribution in [-0.2, 0) is 6.54 Å². The minimum absolute atomic E-state index is 0.574. The van der Waals surface area contributed by atoms with Gasteiger partial charge in [-0.05, 0) is 12.1 Å². The molecule has 0 bridgehead atoms. The molecule has 5 nitrogen and oxygen atoms in total. The Morgan fingerprint density at radius 1 is 1.53 bits per heavy atom. The quantitative estimate of drug-likeness (QED) is 0.838. The molecule has 0 unspecified atom stereocenters. The molecule has 0 spiro atoms. The molecule has 5 heteroatoms. The number of nitriles is 1. The summed E-state index contributed by atoms with van der Waals surface area (Å²) in [7, 11) is 1.58. The molecule has 0 aliphatic carbocycles. The van der Waals surface area contributed by atoms with E-state index >= 15 is 0 Å². The lowest BCUT2D eigenvalue weighted by atomic mass is 10.2. The summed E-state index contributed by atoms with van der Waals surface area (Å²) in [5, 5.41) is 12.0. The number of nitrogens with zero attached hydrogens (tertiary/aromatic N) is 2. The molecular weight excluding hydrogens is 216 g/mol. The Labute approximate surface area is 99.1 Å². The van der Waals surface area contributed by atoms with Crippen molar-refractivity contribution in [1.29, 1.82) is 5.26 Å². The first kappa shape index (κ1) is 11.0. The first-order chi connectivity index (χ1) is 8.33. The van der Waals surface area contributed by atoms with Crippen molar-refractivity contribution in [2.45, 2.75) is 6.54 Å². The predicted molar refractivity (Wildman–Crippen MR) is 63.6 cm³/mol. The third kappa shape index (κ3) is 2.55. The lowest BCUT2D eigenvalue weighted by Gasteiger charge is -2.10. The van der Waals surface area contributed by atoms with E-state index < -0.39 is 0 Å². The molecule has 1 aromatic carbocycles. The zero-order valence-electron chi connectivity index (χ0n) is 9.40. The Morgan fingerprint density at radius 3 is 3.06 bits per heavy atom. The number of methoxy groups -OCH3 is 1. The van der Waals surface area contributed by atoms with Gasteiger partial charge in [-0.2, -0.15) is 5.26 Å². The standard InChI is InChI=1S/C12H12N4O/c1-17-11-6-9(7-13)2-3-10(11)16-8-12-14-4-5-15-12/h2-6,16H,8H2,1H3,(H,14,15). The van der Waals surface area contributed by atoms with E-state index in [9.17, 15) is 0 Å². The summed E-state index contributed by atoms with van der Waals surface area (Å²) in [5.41, 5.74) is 1.41. The maximum absolute atomic E-state index is 8.79. The predicted octanol–water partition coefficient (Wildman–Crippen LogP) is 1.90. The number of imidazole rings is 1. The average molecular weight is 228 g/mol. The maximum atomic E-state index is 8.79. The molecular formula is C12H12N4O. The van der Waals surface area contributed by atoms with Crippen molar-refractivity contribution >= 4 is 5.69 Å². The molecule has 0 saturated heterocycles. The fourth-order valence-corrected chi connectivity index (χ4v) is 1.48. The van der Waals surface area contributed by atoms with Crippen LogP contribution < -0.4 is 10.1 Å². The van der Waals surface area contributed by atoms with Crippen LogP contribution in [-0.4, -0.2) is 17.1 Å². The Kier molecular flexibility index (Phi) is 3.26. The molecule has 0 aliphatic heterocycles. The number of rotatable bonds is 4. The highest BCUT2D eigenvalue weighted by Crippen LogP contribution is 2.25. The molecule has 86 valence electrons. The molecule has 0 fully saturated rings. The van der Waals surface area contributed by atoms with Crippen LogP contribution in [0.1, 0.15) is 11.4 Å². The van der Waals surface area contributed by atoms with Crippen molar-refractivity contribution in [3.8, 4) is 11.8 Å². The van der Waals surface area contributed by atoms with Gasteiger partial charge >= 0.3 is 0 Å². The van der Waals surface area contributed by atoms with Crippen molar-refractivity contribution in [1.82, 2.24) is 9.97 Å². The molecule has 17 heavy (non-hydrogen) atoms. The van der Waals surface area contributed by atoms with Crippen LogP contribution in [0, 0.1) is 11.3 Å².